The molecule has 0 aliphatic carbocycles. The number of pyridine rings is 1. The third-order valence-corrected chi connectivity index (χ3v) is 3.93. The minimum absolute atomic E-state index is 0.118. The van der Waals surface area contributed by atoms with Crippen LogP contribution in [-0.2, 0) is 17.4 Å². The smallest absolute Gasteiger partial charge is 0.123 e. The van der Waals surface area contributed by atoms with E-state index in [1.165, 1.54) is 0 Å². The van der Waals surface area contributed by atoms with E-state index in [-0.39, 0.29) is 10.8 Å². The third kappa shape index (κ3) is 4.25. The van der Waals surface area contributed by atoms with Gasteiger partial charge in [0.25, 0.3) is 0 Å². The molecule has 1 heterocycles. The minimum atomic E-state index is -0.118. The van der Waals surface area contributed by atoms with Crippen LogP contribution in [0.4, 0.5) is 5.69 Å². The molecule has 0 saturated heterocycles. The van der Waals surface area contributed by atoms with Crippen LogP contribution in [0.5, 0.6) is 5.75 Å². The van der Waals surface area contributed by atoms with Gasteiger partial charge in [-0.1, -0.05) is 47.6 Å². The summed E-state index contributed by atoms with van der Waals surface area (Å²) in [5, 5.41) is 14.2. The lowest BCUT2D eigenvalue weighted by Crippen LogP contribution is -2.18. The number of hydrogen-bond acceptors (Lipinski definition) is 3. The molecule has 0 fully saturated rings. The van der Waals surface area contributed by atoms with Gasteiger partial charge >= 0.3 is 0 Å². The predicted molar refractivity (Wildman–Crippen MR) is 97.1 cm³/mol. The van der Waals surface area contributed by atoms with Crippen LogP contribution in [0.25, 0.3) is 0 Å². The molecule has 0 amide bonds. The van der Waals surface area contributed by atoms with Crippen molar-refractivity contribution < 1.29 is 5.11 Å². The maximum Gasteiger partial charge on any atom is 0.123 e. The van der Waals surface area contributed by atoms with Crippen molar-refractivity contribution in [2.75, 3.05) is 5.32 Å². The molecular formula is C20H28N2O. The van der Waals surface area contributed by atoms with Crippen molar-refractivity contribution in [3.63, 3.8) is 0 Å². The number of anilines is 1. The lowest BCUT2D eigenvalue weighted by Gasteiger charge is -2.28. The standard InChI is InChI=1S/C20H28N2O/c1-19(2,3)16-11-15(12-17(18(16)23)20(4,5)6)22-13-14-9-7-8-10-21-14/h7-12,22-23H,13H2,1-6H3. The molecule has 0 spiro atoms. The van der Waals surface area contributed by atoms with Gasteiger partial charge in [0.05, 0.1) is 12.2 Å². The lowest BCUT2D eigenvalue weighted by molar-refractivity contribution is 0.423. The summed E-state index contributed by atoms with van der Waals surface area (Å²) in [5.74, 6) is 0.411. The summed E-state index contributed by atoms with van der Waals surface area (Å²) < 4.78 is 0. The highest BCUT2D eigenvalue weighted by atomic mass is 16.3. The molecule has 23 heavy (non-hydrogen) atoms. The topological polar surface area (TPSA) is 45.2 Å². The van der Waals surface area contributed by atoms with Crippen LogP contribution < -0.4 is 5.32 Å². The monoisotopic (exact) mass is 312 g/mol. The molecule has 2 aromatic rings. The number of aromatic nitrogens is 1. The molecule has 2 N–H and O–H groups in total. The van der Waals surface area contributed by atoms with E-state index in [0.29, 0.717) is 12.3 Å². The van der Waals surface area contributed by atoms with E-state index in [4.69, 9.17) is 0 Å². The van der Waals surface area contributed by atoms with E-state index >= 15 is 0 Å². The molecule has 0 unspecified atom stereocenters. The van der Waals surface area contributed by atoms with E-state index in [0.717, 1.165) is 22.5 Å². The van der Waals surface area contributed by atoms with Crippen molar-refractivity contribution in [2.24, 2.45) is 0 Å². The Labute approximate surface area is 139 Å². The molecule has 0 aliphatic rings. The highest BCUT2D eigenvalue weighted by Crippen LogP contribution is 2.41. The second kappa shape index (κ2) is 6.23. The molecule has 124 valence electrons. The van der Waals surface area contributed by atoms with E-state index in [2.05, 4.69) is 51.8 Å². The zero-order chi connectivity index (χ0) is 17.3. The number of rotatable bonds is 3. The first-order valence-corrected chi connectivity index (χ1v) is 8.11. The zero-order valence-corrected chi connectivity index (χ0v) is 15.1. The van der Waals surface area contributed by atoms with Crippen LogP contribution in [0.3, 0.4) is 0 Å². The van der Waals surface area contributed by atoms with Gasteiger partial charge in [-0.05, 0) is 35.1 Å². The van der Waals surface area contributed by atoms with E-state index in [1.807, 2.05) is 30.3 Å². The number of phenolic OH excluding ortho intramolecular Hbond substituents is 1. The Morgan fingerprint density at radius 3 is 1.96 bits per heavy atom. The molecular weight excluding hydrogens is 284 g/mol. The van der Waals surface area contributed by atoms with Gasteiger partial charge in [0.15, 0.2) is 0 Å². The van der Waals surface area contributed by atoms with Gasteiger partial charge in [0.2, 0.25) is 0 Å². The molecule has 0 atom stereocenters. The predicted octanol–water partition coefficient (Wildman–Crippen LogP) is 4.99. The van der Waals surface area contributed by atoms with E-state index in [1.54, 1.807) is 6.20 Å². The largest absolute Gasteiger partial charge is 0.507 e. The van der Waals surface area contributed by atoms with Gasteiger partial charge < -0.3 is 10.4 Å². The fourth-order valence-corrected chi connectivity index (χ4v) is 2.58. The maximum absolute atomic E-state index is 10.7. The van der Waals surface area contributed by atoms with Gasteiger partial charge in [0, 0.05) is 23.0 Å². The summed E-state index contributed by atoms with van der Waals surface area (Å²) in [6, 6.07) is 10.0. The molecule has 2 rings (SSSR count). The molecule has 3 nitrogen and oxygen atoms in total. The first-order valence-electron chi connectivity index (χ1n) is 8.11. The molecule has 3 heteroatoms. The second-order valence-electron chi connectivity index (χ2n) is 8.09. The van der Waals surface area contributed by atoms with E-state index in [9.17, 15) is 5.11 Å². The van der Waals surface area contributed by atoms with Crippen molar-refractivity contribution in [2.45, 2.75) is 58.9 Å². The average Bonchev–Trinajstić information content (AvgIpc) is 2.44. The van der Waals surface area contributed by atoms with Crippen molar-refractivity contribution >= 4 is 5.69 Å². The summed E-state index contributed by atoms with van der Waals surface area (Å²) in [6.07, 6.45) is 1.80. The first-order chi connectivity index (χ1) is 10.6. The third-order valence-electron chi connectivity index (χ3n) is 3.93. The van der Waals surface area contributed by atoms with Crippen LogP contribution in [0.15, 0.2) is 36.5 Å². The van der Waals surface area contributed by atoms with Gasteiger partial charge in [-0.2, -0.15) is 0 Å². The van der Waals surface area contributed by atoms with Crippen LogP contribution in [0, 0.1) is 0 Å². The number of nitrogens with zero attached hydrogens (tertiary/aromatic N) is 1. The van der Waals surface area contributed by atoms with E-state index < -0.39 is 0 Å². The summed E-state index contributed by atoms with van der Waals surface area (Å²) >= 11 is 0. The maximum atomic E-state index is 10.7. The van der Waals surface area contributed by atoms with Gasteiger partial charge in [-0.3, -0.25) is 4.98 Å². The normalized spacial score (nSPS) is 12.3. The molecule has 0 aliphatic heterocycles. The highest BCUT2D eigenvalue weighted by molar-refractivity contribution is 5.59. The van der Waals surface area contributed by atoms with Crippen LogP contribution in [0.1, 0.15) is 58.4 Å². The Bertz CT molecular complexity index is 629. The SMILES string of the molecule is CC(C)(C)c1cc(NCc2ccccn2)cc(C(C)(C)C)c1O. The first kappa shape index (κ1) is 17.3. The quantitative estimate of drug-likeness (QED) is 0.784. The molecule has 1 aromatic carbocycles. The average molecular weight is 312 g/mol. The molecule has 0 bridgehead atoms. The number of hydrogen-bond donors (Lipinski definition) is 2. The Balaban J connectivity index is 2.40. The fourth-order valence-electron chi connectivity index (χ4n) is 2.58. The Kier molecular flexibility index (Phi) is 4.69. The van der Waals surface area contributed by atoms with Crippen LogP contribution in [0.2, 0.25) is 0 Å². The van der Waals surface area contributed by atoms with Crippen LogP contribution >= 0.6 is 0 Å². The summed E-state index contributed by atoms with van der Waals surface area (Å²) in [6.45, 7) is 13.4. The van der Waals surface area contributed by atoms with Crippen molar-refractivity contribution in [3.8, 4) is 5.75 Å². The van der Waals surface area contributed by atoms with Gasteiger partial charge in [-0.25, -0.2) is 0 Å². The zero-order valence-electron chi connectivity index (χ0n) is 15.1. The van der Waals surface area contributed by atoms with Crippen LogP contribution in [-0.4, -0.2) is 10.1 Å². The lowest BCUT2D eigenvalue weighted by atomic mass is 9.79. The Morgan fingerprint density at radius 2 is 1.52 bits per heavy atom. The van der Waals surface area contributed by atoms with Crippen molar-refractivity contribution in [1.29, 1.82) is 0 Å². The molecule has 1 aromatic heterocycles. The summed E-state index contributed by atoms with van der Waals surface area (Å²) in [4.78, 5) is 4.34. The van der Waals surface area contributed by atoms with Gasteiger partial charge in [0.1, 0.15) is 5.75 Å². The van der Waals surface area contributed by atoms with Crippen molar-refractivity contribution in [1.82, 2.24) is 4.98 Å². The minimum Gasteiger partial charge on any atom is -0.507 e. The highest BCUT2D eigenvalue weighted by Gasteiger charge is 2.26. The summed E-state index contributed by atoms with van der Waals surface area (Å²) in [7, 11) is 0. The van der Waals surface area contributed by atoms with Gasteiger partial charge in [-0.15, -0.1) is 0 Å². The number of benzene rings is 1. The fraction of sp³-hybridized carbons (Fsp3) is 0.450. The molecule has 0 saturated carbocycles. The number of aromatic hydroxyl groups is 1. The Morgan fingerprint density at radius 1 is 0.957 bits per heavy atom. The number of nitrogens with one attached hydrogen (secondary N) is 1. The van der Waals surface area contributed by atoms with Crippen molar-refractivity contribution in [3.05, 3.63) is 53.3 Å². The Hall–Kier alpha value is -2.03. The summed E-state index contributed by atoms with van der Waals surface area (Å²) in [5.41, 5.74) is 3.71. The second-order valence-corrected chi connectivity index (χ2v) is 8.09. The molecule has 0 radical (unpaired) electrons. The number of phenols is 1.